The molecule has 0 bridgehead atoms. The lowest BCUT2D eigenvalue weighted by atomic mass is 9.64. The molecule has 178 valence electrons. The van der Waals surface area contributed by atoms with Crippen molar-refractivity contribution in [1.82, 2.24) is 10.6 Å². The average Bonchev–Trinajstić information content (AvgIpc) is 2.71. The van der Waals surface area contributed by atoms with Crippen molar-refractivity contribution in [1.29, 1.82) is 0 Å². The molecule has 0 saturated heterocycles. The first-order valence-electron chi connectivity index (χ1n) is 12.4. The summed E-state index contributed by atoms with van der Waals surface area (Å²) in [6.45, 7) is 4.09. The maximum atomic E-state index is 13.0. The van der Waals surface area contributed by atoms with Crippen molar-refractivity contribution in [3.8, 4) is 0 Å². The van der Waals surface area contributed by atoms with E-state index in [0.717, 1.165) is 24.3 Å². The fourth-order valence-corrected chi connectivity index (χ4v) is 4.89. The monoisotopic (exact) mass is 443 g/mol. The van der Waals surface area contributed by atoms with Gasteiger partial charge in [0.05, 0.1) is 12.5 Å². The van der Waals surface area contributed by atoms with Crippen LogP contribution < -0.4 is 16.4 Å². The lowest BCUT2D eigenvalue weighted by molar-refractivity contribution is -0.132. The van der Waals surface area contributed by atoms with Gasteiger partial charge in [0.25, 0.3) is 0 Å². The number of nitrogens with one attached hydrogen (secondary N) is 2. The predicted molar refractivity (Wildman–Crippen MR) is 127 cm³/mol. The molecule has 5 unspecified atom stereocenters. The van der Waals surface area contributed by atoms with Gasteiger partial charge in [-0.1, -0.05) is 63.4 Å². The Morgan fingerprint density at radius 2 is 1.84 bits per heavy atom. The first-order valence-corrected chi connectivity index (χ1v) is 12.4. The van der Waals surface area contributed by atoms with Crippen LogP contribution in [0.15, 0.2) is 30.3 Å². The van der Waals surface area contributed by atoms with E-state index >= 15 is 0 Å². The summed E-state index contributed by atoms with van der Waals surface area (Å²) in [5.41, 5.74) is 7.29. The molecule has 2 fully saturated rings. The molecule has 0 spiro atoms. The van der Waals surface area contributed by atoms with Crippen molar-refractivity contribution in [2.75, 3.05) is 0 Å². The molecule has 1 aromatic carbocycles. The molecular formula is C26H41N3O3. The third-order valence-electron chi connectivity index (χ3n) is 7.27. The van der Waals surface area contributed by atoms with Gasteiger partial charge in [-0.05, 0) is 55.4 Å². The second-order valence-corrected chi connectivity index (χ2v) is 10.3. The molecule has 2 aliphatic rings. The molecule has 0 aromatic heterocycles. The number of hydrogen-bond donors (Lipinski definition) is 4. The number of aliphatic hydroxyl groups excluding tert-OH is 1. The Labute approximate surface area is 192 Å². The van der Waals surface area contributed by atoms with Crippen molar-refractivity contribution < 1.29 is 14.7 Å². The third kappa shape index (κ3) is 7.04. The standard InChI is InChI=1S/C26H41N3O3/c1-17(2)15-23(26(32)29-22-14-12-20(22)19-9-6-10-19)28-25(31)16-24(30)21(27)13-11-18-7-4-3-5-8-18/h3-5,7-8,17,19-24,30H,6,9-16,27H2,1-2H3,(H,28,31)(H,29,32). The zero-order chi connectivity index (χ0) is 23.1. The van der Waals surface area contributed by atoms with Crippen LogP contribution in [0.1, 0.15) is 70.8 Å². The number of rotatable bonds is 12. The van der Waals surface area contributed by atoms with Crippen molar-refractivity contribution in [2.45, 2.75) is 95.9 Å². The van der Waals surface area contributed by atoms with Crippen LogP contribution in [0.2, 0.25) is 0 Å². The molecule has 32 heavy (non-hydrogen) atoms. The molecule has 5 atom stereocenters. The molecule has 1 aromatic rings. The van der Waals surface area contributed by atoms with E-state index in [-0.39, 0.29) is 30.2 Å². The Morgan fingerprint density at radius 1 is 1.12 bits per heavy atom. The van der Waals surface area contributed by atoms with Gasteiger partial charge >= 0.3 is 0 Å². The summed E-state index contributed by atoms with van der Waals surface area (Å²) in [5.74, 6) is 1.22. The first kappa shape index (κ1) is 24.7. The van der Waals surface area contributed by atoms with Crippen LogP contribution in [0.3, 0.4) is 0 Å². The lowest BCUT2D eigenvalue weighted by Crippen LogP contribution is -2.56. The van der Waals surface area contributed by atoms with Crippen LogP contribution in [-0.4, -0.2) is 41.2 Å². The summed E-state index contributed by atoms with van der Waals surface area (Å²) < 4.78 is 0. The first-order chi connectivity index (χ1) is 15.3. The zero-order valence-electron chi connectivity index (χ0n) is 19.6. The molecule has 0 heterocycles. The smallest absolute Gasteiger partial charge is 0.242 e. The number of aryl methyl sites for hydroxylation is 1. The molecular weight excluding hydrogens is 402 g/mol. The number of nitrogens with two attached hydrogens (primary N) is 1. The zero-order valence-corrected chi connectivity index (χ0v) is 19.6. The second kappa shape index (κ2) is 11.8. The SMILES string of the molecule is CC(C)CC(NC(=O)CC(O)C(N)CCc1ccccc1)C(=O)NC1CCC1C1CCC1. The predicted octanol–water partition coefficient (Wildman–Crippen LogP) is 2.92. The highest BCUT2D eigenvalue weighted by molar-refractivity contribution is 5.88. The molecule has 0 radical (unpaired) electrons. The summed E-state index contributed by atoms with van der Waals surface area (Å²) in [5, 5.41) is 16.5. The molecule has 2 amide bonds. The molecule has 6 nitrogen and oxygen atoms in total. The highest BCUT2D eigenvalue weighted by atomic mass is 16.3. The normalized spacial score (nSPS) is 23.5. The van der Waals surface area contributed by atoms with E-state index in [1.54, 1.807) is 0 Å². The van der Waals surface area contributed by atoms with E-state index in [9.17, 15) is 14.7 Å². The van der Waals surface area contributed by atoms with E-state index in [2.05, 4.69) is 10.6 Å². The maximum absolute atomic E-state index is 13.0. The summed E-state index contributed by atoms with van der Waals surface area (Å²) in [6, 6.07) is 9.15. The Balaban J connectivity index is 1.46. The minimum absolute atomic E-state index is 0.0913. The Morgan fingerprint density at radius 3 is 2.41 bits per heavy atom. The van der Waals surface area contributed by atoms with Gasteiger partial charge in [-0.15, -0.1) is 0 Å². The molecule has 6 heteroatoms. The van der Waals surface area contributed by atoms with E-state index < -0.39 is 18.2 Å². The van der Waals surface area contributed by atoms with Crippen molar-refractivity contribution in [3.05, 3.63) is 35.9 Å². The second-order valence-electron chi connectivity index (χ2n) is 10.3. The van der Waals surface area contributed by atoms with Gasteiger partial charge < -0.3 is 21.5 Å². The van der Waals surface area contributed by atoms with Crippen LogP contribution in [0.5, 0.6) is 0 Å². The lowest BCUT2D eigenvalue weighted by Gasteiger charge is -2.46. The Bertz CT molecular complexity index is 735. The van der Waals surface area contributed by atoms with Crippen LogP contribution in [-0.2, 0) is 16.0 Å². The van der Waals surface area contributed by atoms with Crippen LogP contribution in [0.25, 0.3) is 0 Å². The molecule has 3 rings (SSSR count). The number of amides is 2. The largest absolute Gasteiger partial charge is 0.391 e. The number of benzene rings is 1. The van der Waals surface area contributed by atoms with E-state index in [4.69, 9.17) is 5.73 Å². The number of aliphatic hydroxyl groups is 1. The summed E-state index contributed by atoms with van der Waals surface area (Å²) in [7, 11) is 0. The van der Waals surface area contributed by atoms with Crippen molar-refractivity contribution in [2.24, 2.45) is 23.5 Å². The highest BCUT2D eigenvalue weighted by Gasteiger charge is 2.40. The van der Waals surface area contributed by atoms with E-state index in [1.165, 1.54) is 25.7 Å². The van der Waals surface area contributed by atoms with Gasteiger partial charge in [0.2, 0.25) is 11.8 Å². The summed E-state index contributed by atoms with van der Waals surface area (Å²) in [6.07, 6.45) is 7.01. The Kier molecular flexibility index (Phi) is 9.11. The molecule has 5 N–H and O–H groups in total. The molecule has 0 aliphatic heterocycles. The third-order valence-corrected chi connectivity index (χ3v) is 7.27. The van der Waals surface area contributed by atoms with Crippen LogP contribution in [0, 0.1) is 17.8 Å². The van der Waals surface area contributed by atoms with Gasteiger partial charge in [0.1, 0.15) is 6.04 Å². The van der Waals surface area contributed by atoms with Gasteiger partial charge in [-0.2, -0.15) is 0 Å². The van der Waals surface area contributed by atoms with E-state index in [1.807, 2.05) is 44.2 Å². The fraction of sp³-hybridized carbons (Fsp3) is 0.692. The van der Waals surface area contributed by atoms with Crippen molar-refractivity contribution >= 4 is 11.8 Å². The topological polar surface area (TPSA) is 104 Å². The van der Waals surface area contributed by atoms with Crippen LogP contribution >= 0.6 is 0 Å². The number of carbonyl (C=O) groups is 2. The summed E-state index contributed by atoms with van der Waals surface area (Å²) >= 11 is 0. The highest BCUT2D eigenvalue weighted by Crippen LogP contribution is 2.44. The van der Waals surface area contributed by atoms with Crippen molar-refractivity contribution in [3.63, 3.8) is 0 Å². The van der Waals surface area contributed by atoms with Gasteiger partial charge in [0, 0.05) is 12.1 Å². The molecule has 2 saturated carbocycles. The van der Waals surface area contributed by atoms with Gasteiger partial charge in [0.15, 0.2) is 0 Å². The minimum atomic E-state index is -0.934. The minimum Gasteiger partial charge on any atom is -0.391 e. The van der Waals surface area contributed by atoms with Gasteiger partial charge in [-0.25, -0.2) is 0 Å². The van der Waals surface area contributed by atoms with E-state index in [0.29, 0.717) is 18.8 Å². The number of carbonyl (C=O) groups excluding carboxylic acids is 2. The molecule has 2 aliphatic carbocycles. The quantitative estimate of drug-likeness (QED) is 0.399. The Hall–Kier alpha value is -1.92. The number of hydrogen-bond acceptors (Lipinski definition) is 4. The fourth-order valence-electron chi connectivity index (χ4n) is 4.89. The summed E-state index contributed by atoms with van der Waals surface area (Å²) in [4.78, 5) is 25.6. The van der Waals surface area contributed by atoms with Gasteiger partial charge in [-0.3, -0.25) is 9.59 Å². The average molecular weight is 444 g/mol. The maximum Gasteiger partial charge on any atom is 0.242 e. The van der Waals surface area contributed by atoms with Crippen LogP contribution in [0.4, 0.5) is 0 Å².